The van der Waals surface area contributed by atoms with Crippen LogP contribution in [0.4, 0.5) is 5.69 Å². The van der Waals surface area contributed by atoms with Gasteiger partial charge in [0, 0.05) is 16.4 Å². The first kappa shape index (κ1) is 11.2. The largest absolute Gasteiger partial charge is 0.398 e. The van der Waals surface area contributed by atoms with Crippen molar-refractivity contribution >= 4 is 38.5 Å². The van der Waals surface area contributed by atoms with Crippen LogP contribution in [0.2, 0.25) is 0 Å². The maximum atomic E-state index is 5.95. The van der Waals surface area contributed by atoms with Crippen LogP contribution in [0.15, 0.2) is 42.5 Å². The van der Waals surface area contributed by atoms with Gasteiger partial charge in [-0.1, -0.05) is 58.4 Å². The van der Waals surface area contributed by atoms with Gasteiger partial charge < -0.3 is 5.73 Å². The summed E-state index contributed by atoms with van der Waals surface area (Å²) in [6.45, 7) is 0. The molecule has 0 aliphatic rings. The highest BCUT2D eigenvalue weighted by atomic mass is 79.9. The van der Waals surface area contributed by atoms with Gasteiger partial charge in [-0.2, -0.15) is 0 Å². The number of halogens is 1. The molecule has 0 bridgehead atoms. The average molecular weight is 276 g/mol. The van der Waals surface area contributed by atoms with Crippen LogP contribution in [0, 0.1) is 0 Å². The summed E-state index contributed by atoms with van der Waals surface area (Å²) in [5.41, 5.74) is 8.02. The Bertz CT molecular complexity index is 517. The van der Waals surface area contributed by atoms with E-state index in [-0.39, 0.29) is 0 Å². The molecule has 0 radical (unpaired) electrons. The fourth-order valence-corrected chi connectivity index (χ4v) is 2.04. The summed E-state index contributed by atoms with van der Waals surface area (Å²) in [5.74, 6) is 0. The molecule has 0 aliphatic carbocycles. The second-order valence-corrected chi connectivity index (χ2v) is 4.46. The molecule has 0 amide bonds. The zero-order chi connectivity index (χ0) is 11.4. The number of fused-ring (bicyclic) bond motifs is 1. The maximum absolute atomic E-state index is 5.95. The number of alkyl halides is 1. The van der Waals surface area contributed by atoms with Crippen LogP contribution in [0.1, 0.15) is 12.0 Å². The highest BCUT2D eigenvalue weighted by molar-refractivity contribution is 9.09. The molecule has 82 valence electrons. The third kappa shape index (κ3) is 2.27. The van der Waals surface area contributed by atoms with E-state index < -0.39 is 0 Å². The molecule has 0 unspecified atom stereocenters. The Balaban J connectivity index is 2.50. The fraction of sp³-hybridized carbons (Fsp3) is 0.143. The van der Waals surface area contributed by atoms with Crippen molar-refractivity contribution in [2.24, 2.45) is 0 Å². The number of hydrogen-bond donors (Lipinski definition) is 1. The van der Waals surface area contributed by atoms with E-state index in [1.54, 1.807) is 0 Å². The van der Waals surface area contributed by atoms with Crippen molar-refractivity contribution in [3.05, 3.63) is 48.0 Å². The second-order valence-electron chi connectivity index (χ2n) is 3.67. The number of allylic oxidation sites excluding steroid dienone is 1. The van der Waals surface area contributed by atoms with Gasteiger partial charge in [0.25, 0.3) is 0 Å². The number of hydrogen-bond acceptors (Lipinski definition) is 1. The van der Waals surface area contributed by atoms with Gasteiger partial charge in [-0.25, -0.2) is 0 Å². The van der Waals surface area contributed by atoms with E-state index in [9.17, 15) is 0 Å². The predicted molar refractivity (Wildman–Crippen MR) is 75.8 cm³/mol. The summed E-state index contributed by atoms with van der Waals surface area (Å²) in [4.78, 5) is 0. The minimum absolute atomic E-state index is 0.841. The second kappa shape index (κ2) is 5.17. The SMILES string of the molecule is Nc1cccc2c(C=CCCBr)cccc12. The predicted octanol–water partition coefficient (Wildman–Crippen LogP) is 4.22. The van der Waals surface area contributed by atoms with Crippen molar-refractivity contribution in [1.82, 2.24) is 0 Å². The van der Waals surface area contributed by atoms with Gasteiger partial charge in [0.1, 0.15) is 0 Å². The van der Waals surface area contributed by atoms with Gasteiger partial charge in [-0.15, -0.1) is 0 Å². The van der Waals surface area contributed by atoms with Crippen molar-refractivity contribution in [2.45, 2.75) is 6.42 Å². The first-order chi connectivity index (χ1) is 7.83. The lowest BCUT2D eigenvalue weighted by atomic mass is 10.0. The van der Waals surface area contributed by atoms with Crippen LogP contribution >= 0.6 is 15.9 Å². The molecule has 0 fully saturated rings. The van der Waals surface area contributed by atoms with E-state index in [0.29, 0.717) is 0 Å². The molecule has 2 aromatic carbocycles. The molecule has 2 heteroatoms. The smallest absolute Gasteiger partial charge is 0.0393 e. The van der Waals surface area contributed by atoms with E-state index in [1.165, 1.54) is 10.9 Å². The van der Waals surface area contributed by atoms with Crippen molar-refractivity contribution in [2.75, 3.05) is 11.1 Å². The molecule has 0 aliphatic heterocycles. The molecule has 2 rings (SSSR count). The minimum Gasteiger partial charge on any atom is -0.398 e. The highest BCUT2D eigenvalue weighted by Crippen LogP contribution is 2.24. The van der Waals surface area contributed by atoms with Crippen molar-refractivity contribution in [3.8, 4) is 0 Å². The van der Waals surface area contributed by atoms with Gasteiger partial charge in [-0.3, -0.25) is 0 Å². The summed E-state index contributed by atoms with van der Waals surface area (Å²) in [6, 6.07) is 12.3. The molecule has 0 saturated carbocycles. The standard InChI is InChI=1S/C14H14BrN/c15-10-2-1-5-11-6-3-8-13-12(11)7-4-9-14(13)16/h1,3-9H,2,10,16H2. The number of anilines is 1. The topological polar surface area (TPSA) is 26.0 Å². The van der Waals surface area contributed by atoms with Crippen molar-refractivity contribution in [3.63, 3.8) is 0 Å². The van der Waals surface area contributed by atoms with Gasteiger partial charge in [0.2, 0.25) is 0 Å². The lowest BCUT2D eigenvalue weighted by Crippen LogP contribution is -1.87. The number of rotatable bonds is 3. The van der Waals surface area contributed by atoms with Crippen molar-refractivity contribution < 1.29 is 0 Å². The third-order valence-electron chi connectivity index (χ3n) is 2.56. The Morgan fingerprint density at radius 2 is 1.81 bits per heavy atom. The van der Waals surface area contributed by atoms with Crippen molar-refractivity contribution in [1.29, 1.82) is 0 Å². The summed E-state index contributed by atoms with van der Waals surface area (Å²) in [6.07, 6.45) is 5.37. The molecule has 2 aromatic rings. The molecule has 16 heavy (non-hydrogen) atoms. The Morgan fingerprint density at radius 1 is 1.06 bits per heavy atom. The zero-order valence-electron chi connectivity index (χ0n) is 8.99. The van der Waals surface area contributed by atoms with Gasteiger partial charge in [-0.05, 0) is 23.4 Å². The summed E-state index contributed by atoms with van der Waals surface area (Å²) < 4.78 is 0. The summed E-state index contributed by atoms with van der Waals surface area (Å²) >= 11 is 3.41. The first-order valence-electron chi connectivity index (χ1n) is 5.32. The molecular weight excluding hydrogens is 262 g/mol. The lowest BCUT2D eigenvalue weighted by Gasteiger charge is -2.04. The molecular formula is C14H14BrN. The molecule has 1 nitrogen and oxygen atoms in total. The van der Waals surface area contributed by atoms with E-state index in [0.717, 1.165) is 22.8 Å². The van der Waals surface area contributed by atoms with E-state index in [2.05, 4.69) is 46.3 Å². The van der Waals surface area contributed by atoms with Crippen LogP contribution in [0.25, 0.3) is 16.8 Å². The number of nitrogen functional groups attached to an aromatic ring is 1. The Labute approximate surface area is 104 Å². The quantitative estimate of drug-likeness (QED) is 0.659. The zero-order valence-corrected chi connectivity index (χ0v) is 10.6. The van der Waals surface area contributed by atoms with Gasteiger partial charge in [0.05, 0.1) is 0 Å². The van der Waals surface area contributed by atoms with Crippen LogP contribution in [0.3, 0.4) is 0 Å². The minimum atomic E-state index is 0.841. The Kier molecular flexibility index (Phi) is 3.62. The van der Waals surface area contributed by atoms with Gasteiger partial charge in [0.15, 0.2) is 0 Å². The highest BCUT2D eigenvalue weighted by Gasteiger charge is 1.99. The number of benzene rings is 2. The van der Waals surface area contributed by atoms with E-state index in [1.807, 2.05) is 18.2 Å². The molecule has 2 N–H and O–H groups in total. The third-order valence-corrected chi connectivity index (χ3v) is 3.02. The van der Waals surface area contributed by atoms with Gasteiger partial charge >= 0.3 is 0 Å². The molecule has 0 aromatic heterocycles. The number of nitrogens with two attached hydrogens (primary N) is 1. The van der Waals surface area contributed by atoms with Crippen LogP contribution in [-0.4, -0.2) is 5.33 Å². The monoisotopic (exact) mass is 275 g/mol. The van der Waals surface area contributed by atoms with Crippen LogP contribution in [0.5, 0.6) is 0 Å². The molecule has 0 saturated heterocycles. The Morgan fingerprint density at radius 3 is 2.62 bits per heavy atom. The lowest BCUT2D eigenvalue weighted by molar-refractivity contribution is 1.27. The van der Waals surface area contributed by atoms with Crippen LogP contribution < -0.4 is 5.73 Å². The molecule has 0 atom stereocenters. The molecule has 0 heterocycles. The first-order valence-corrected chi connectivity index (χ1v) is 6.45. The van der Waals surface area contributed by atoms with E-state index >= 15 is 0 Å². The molecule has 0 spiro atoms. The summed E-state index contributed by atoms with van der Waals surface area (Å²) in [5, 5.41) is 3.34. The maximum Gasteiger partial charge on any atom is 0.0393 e. The Hall–Kier alpha value is -1.28. The normalized spacial score (nSPS) is 11.3. The summed E-state index contributed by atoms with van der Waals surface area (Å²) in [7, 11) is 0. The average Bonchev–Trinajstić information content (AvgIpc) is 2.31. The van der Waals surface area contributed by atoms with E-state index in [4.69, 9.17) is 5.73 Å². The fourth-order valence-electron chi connectivity index (χ4n) is 1.78. The van der Waals surface area contributed by atoms with Crippen LogP contribution in [-0.2, 0) is 0 Å².